The minimum Gasteiger partial charge on any atom is -0.461 e. The van der Waals surface area contributed by atoms with Crippen LogP contribution in [0.25, 0.3) is 0 Å². The number of carbonyl (C=O) groups is 2. The van der Waals surface area contributed by atoms with Crippen molar-refractivity contribution < 1.29 is 14.3 Å². The molecule has 27 heavy (non-hydrogen) atoms. The van der Waals surface area contributed by atoms with Crippen LogP contribution < -0.4 is 10.3 Å². The lowest BCUT2D eigenvalue weighted by Crippen LogP contribution is -2.38. The summed E-state index contributed by atoms with van der Waals surface area (Å²) in [5.74, 6) is -0.704. The van der Waals surface area contributed by atoms with E-state index in [4.69, 9.17) is 4.74 Å². The Labute approximate surface area is 158 Å². The Morgan fingerprint density at radius 1 is 1.15 bits per heavy atom. The molecule has 2 aromatic rings. The number of ether oxygens (including phenoxy) is 1. The van der Waals surface area contributed by atoms with Crippen LogP contribution in [-0.2, 0) is 14.3 Å². The molecule has 1 heterocycles. The summed E-state index contributed by atoms with van der Waals surface area (Å²) in [7, 11) is 0. The number of nitrogens with zero attached hydrogens (tertiary/aromatic N) is 2. The molecule has 0 radical (unpaired) electrons. The van der Waals surface area contributed by atoms with E-state index in [9.17, 15) is 9.59 Å². The second-order valence-corrected chi connectivity index (χ2v) is 6.46. The quantitative estimate of drug-likeness (QED) is 0.824. The molecule has 0 aromatic heterocycles. The van der Waals surface area contributed by atoms with E-state index >= 15 is 0 Å². The molecule has 0 spiro atoms. The maximum atomic E-state index is 12.9. The Balaban J connectivity index is 1.84. The van der Waals surface area contributed by atoms with E-state index in [0.29, 0.717) is 0 Å². The van der Waals surface area contributed by atoms with E-state index < -0.39 is 12.0 Å². The molecule has 140 valence electrons. The van der Waals surface area contributed by atoms with Crippen LogP contribution in [0.2, 0.25) is 0 Å². The first kappa shape index (κ1) is 18.6. The van der Waals surface area contributed by atoms with Crippen molar-refractivity contribution in [1.29, 1.82) is 0 Å². The summed E-state index contributed by atoms with van der Waals surface area (Å²) < 4.78 is 5.06. The number of anilines is 2. The van der Waals surface area contributed by atoms with Crippen molar-refractivity contribution in [2.45, 2.75) is 33.2 Å². The van der Waals surface area contributed by atoms with Crippen LogP contribution >= 0.6 is 0 Å². The molecule has 1 atom stereocenters. The van der Waals surface area contributed by atoms with Crippen LogP contribution in [0.15, 0.2) is 53.6 Å². The van der Waals surface area contributed by atoms with Gasteiger partial charge in [0.05, 0.1) is 12.3 Å². The lowest BCUT2D eigenvalue weighted by molar-refractivity contribution is -0.135. The maximum Gasteiger partial charge on any atom is 0.354 e. The number of aryl methyl sites for hydroxylation is 2. The monoisotopic (exact) mass is 365 g/mol. The van der Waals surface area contributed by atoms with Gasteiger partial charge in [-0.05, 0) is 56.2 Å². The Morgan fingerprint density at radius 2 is 1.89 bits per heavy atom. The van der Waals surface area contributed by atoms with Gasteiger partial charge in [0, 0.05) is 12.1 Å². The van der Waals surface area contributed by atoms with Gasteiger partial charge >= 0.3 is 5.97 Å². The SMILES string of the molecule is CCOC(=O)C1=NN(c2ccccc2)C(C(=O)Nc2ccc(C)c(C)c2)C1. The van der Waals surface area contributed by atoms with Gasteiger partial charge in [-0.1, -0.05) is 24.3 Å². The van der Waals surface area contributed by atoms with Crippen LogP contribution in [0.5, 0.6) is 0 Å². The first-order valence-corrected chi connectivity index (χ1v) is 8.96. The fourth-order valence-electron chi connectivity index (χ4n) is 2.92. The third-order valence-electron chi connectivity index (χ3n) is 4.52. The summed E-state index contributed by atoms with van der Waals surface area (Å²) >= 11 is 0. The molecule has 0 saturated carbocycles. The highest BCUT2D eigenvalue weighted by atomic mass is 16.5. The Morgan fingerprint density at radius 3 is 2.56 bits per heavy atom. The summed E-state index contributed by atoms with van der Waals surface area (Å²) in [5.41, 5.74) is 3.98. The molecule has 6 heteroatoms. The third-order valence-corrected chi connectivity index (χ3v) is 4.52. The van der Waals surface area contributed by atoms with E-state index in [0.717, 1.165) is 22.5 Å². The van der Waals surface area contributed by atoms with Crippen molar-refractivity contribution in [3.05, 3.63) is 59.7 Å². The summed E-state index contributed by atoms with van der Waals surface area (Å²) in [6, 6.07) is 14.5. The molecule has 6 nitrogen and oxygen atoms in total. The average molecular weight is 365 g/mol. The van der Waals surface area contributed by atoms with Crippen molar-refractivity contribution in [3.8, 4) is 0 Å². The predicted molar refractivity (Wildman–Crippen MR) is 106 cm³/mol. The van der Waals surface area contributed by atoms with Crippen molar-refractivity contribution in [2.24, 2.45) is 5.10 Å². The molecule has 1 aliphatic heterocycles. The largest absolute Gasteiger partial charge is 0.461 e. The molecule has 0 aliphatic carbocycles. The van der Waals surface area contributed by atoms with Gasteiger partial charge in [0.15, 0.2) is 0 Å². The fraction of sp³-hybridized carbons (Fsp3) is 0.286. The topological polar surface area (TPSA) is 71.0 Å². The van der Waals surface area contributed by atoms with Gasteiger partial charge in [0.1, 0.15) is 11.8 Å². The van der Waals surface area contributed by atoms with Crippen molar-refractivity contribution in [3.63, 3.8) is 0 Å². The summed E-state index contributed by atoms with van der Waals surface area (Å²) in [5, 5.41) is 8.89. The highest BCUT2D eigenvalue weighted by molar-refractivity contribution is 6.38. The van der Waals surface area contributed by atoms with E-state index in [1.54, 1.807) is 11.9 Å². The average Bonchev–Trinajstić information content (AvgIpc) is 3.11. The van der Waals surface area contributed by atoms with Crippen LogP contribution in [0, 0.1) is 13.8 Å². The fourth-order valence-corrected chi connectivity index (χ4v) is 2.92. The highest BCUT2D eigenvalue weighted by Gasteiger charge is 2.36. The lowest BCUT2D eigenvalue weighted by atomic mass is 10.1. The second-order valence-electron chi connectivity index (χ2n) is 6.46. The van der Waals surface area contributed by atoms with Gasteiger partial charge in [0.2, 0.25) is 5.91 Å². The van der Waals surface area contributed by atoms with Gasteiger partial charge in [-0.3, -0.25) is 9.80 Å². The third kappa shape index (κ3) is 4.16. The van der Waals surface area contributed by atoms with Crippen LogP contribution in [-0.4, -0.2) is 30.2 Å². The number of esters is 1. The van der Waals surface area contributed by atoms with Gasteiger partial charge in [-0.15, -0.1) is 0 Å². The molecular formula is C21H23N3O3. The summed E-state index contributed by atoms with van der Waals surface area (Å²) in [4.78, 5) is 25.1. The number of hydrogen-bond donors (Lipinski definition) is 1. The molecule has 1 amide bonds. The van der Waals surface area contributed by atoms with Gasteiger partial charge in [-0.25, -0.2) is 4.79 Å². The van der Waals surface area contributed by atoms with Crippen molar-refractivity contribution in [2.75, 3.05) is 16.9 Å². The van der Waals surface area contributed by atoms with E-state index in [1.807, 2.05) is 62.4 Å². The Hall–Kier alpha value is -3.15. The minimum atomic E-state index is -0.617. The summed E-state index contributed by atoms with van der Waals surface area (Å²) in [6.07, 6.45) is 0.199. The predicted octanol–water partition coefficient (Wildman–Crippen LogP) is 3.44. The zero-order valence-corrected chi connectivity index (χ0v) is 15.7. The van der Waals surface area contributed by atoms with Crippen LogP contribution in [0.1, 0.15) is 24.5 Å². The standard InChI is InChI=1S/C21H23N3O3/c1-4-27-21(26)18-13-19(24(23-18)17-8-6-5-7-9-17)20(25)22-16-11-10-14(2)15(3)12-16/h5-12,19H,4,13H2,1-3H3,(H,22,25). The number of nitrogens with one attached hydrogen (secondary N) is 1. The number of amides is 1. The van der Waals surface area contributed by atoms with E-state index in [-0.39, 0.29) is 24.6 Å². The molecule has 1 aliphatic rings. The van der Waals surface area contributed by atoms with Crippen LogP contribution in [0.4, 0.5) is 11.4 Å². The second kappa shape index (κ2) is 8.03. The maximum absolute atomic E-state index is 12.9. The summed E-state index contributed by atoms with van der Waals surface area (Å²) in [6.45, 7) is 6.03. The molecule has 2 aromatic carbocycles. The Kier molecular flexibility index (Phi) is 5.54. The smallest absolute Gasteiger partial charge is 0.354 e. The number of carbonyl (C=O) groups excluding carboxylic acids is 2. The first-order valence-electron chi connectivity index (χ1n) is 8.96. The normalized spacial score (nSPS) is 16.0. The number of hydrazone groups is 1. The number of para-hydroxylation sites is 1. The van der Waals surface area contributed by atoms with Gasteiger partial charge < -0.3 is 10.1 Å². The molecule has 1 N–H and O–H groups in total. The molecule has 0 fully saturated rings. The minimum absolute atomic E-state index is 0.199. The van der Waals surface area contributed by atoms with Gasteiger partial charge in [-0.2, -0.15) is 5.10 Å². The number of rotatable bonds is 5. The molecule has 0 saturated heterocycles. The van der Waals surface area contributed by atoms with Crippen molar-refractivity contribution >= 4 is 29.0 Å². The van der Waals surface area contributed by atoms with Crippen LogP contribution in [0.3, 0.4) is 0 Å². The molecule has 1 unspecified atom stereocenters. The van der Waals surface area contributed by atoms with E-state index in [2.05, 4.69) is 10.4 Å². The van der Waals surface area contributed by atoms with E-state index in [1.165, 1.54) is 0 Å². The van der Waals surface area contributed by atoms with Crippen molar-refractivity contribution in [1.82, 2.24) is 0 Å². The Bertz CT molecular complexity index is 877. The number of benzene rings is 2. The number of hydrogen-bond acceptors (Lipinski definition) is 5. The lowest BCUT2D eigenvalue weighted by Gasteiger charge is -2.22. The van der Waals surface area contributed by atoms with Gasteiger partial charge in [0.25, 0.3) is 0 Å². The molecular weight excluding hydrogens is 342 g/mol. The molecule has 3 rings (SSSR count). The molecule has 0 bridgehead atoms. The zero-order valence-electron chi connectivity index (χ0n) is 15.7. The highest BCUT2D eigenvalue weighted by Crippen LogP contribution is 2.26. The first-order chi connectivity index (χ1) is 13.0. The zero-order chi connectivity index (χ0) is 19.4.